The van der Waals surface area contributed by atoms with Gasteiger partial charge in [-0.1, -0.05) is 71.0 Å². The molecule has 2 aromatic carbocycles. The van der Waals surface area contributed by atoms with E-state index in [1.165, 1.54) is 17.4 Å². The smallest absolute Gasteiger partial charge is 0.402 e. The fraction of sp³-hybridized carbons (Fsp3) is 0.226. The summed E-state index contributed by atoms with van der Waals surface area (Å²) in [4.78, 5) is 28.5. The second-order valence-corrected chi connectivity index (χ2v) is 11.3. The molecular formula is C31H24F3N7O3S. The van der Waals surface area contributed by atoms with Crippen LogP contribution in [0.25, 0.3) is 22.2 Å². The zero-order chi connectivity index (χ0) is 31.0. The van der Waals surface area contributed by atoms with Gasteiger partial charge in [-0.3, -0.25) is 14.8 Å². The van der Waals surface area contributed by atoms with Crippen molar-refractivity contribution in [1.82, 2.24) is 20.2 Å². The maximum atomic E-state index is 13.4. The Kier molecular flexibility index (Phi) is 7.59. The number of halogens is 3. The van der Waals surface area contributed by atoms with E-state index in [2.05, 4.69) is 30.4 Å². The number of morpholine rings is 1. The van der Waals surface area contributed by atoms with Gasteiger partial charge in [-0.25, -0.2) is 4.98 Å². The molecular weight excluding hydrogens is 607 g/mol. The highest BCUT2D eigenvalue weighted by Crippen LogP contribution is 2.41. The summed E-state index contributed by atoms with van der Waals surface area (Å²) >= 11 is 1.28. The number of carbonyl (C=O) groups excluding carboxylic acids is 1. The Balaban J connectivity index is 1.21. The van der Waals surface area contributed by atoms with Crippen molar-refractivity contribution in [2.75, 3.05) is 36.5 Å². The van der Waals surface area contributed by atoms with Crippen molar-refractivity contribution in [3.05, 3.63) is 95.3 Å². The van der Waals surface area contributed by atoms with Crippen LogP contribution >= 0.6 is 11.3 Å². The largest absolute Gasteiger partial charge is 0.433 e. The number of pyridine rings is 1. The summed E-state index contributed by atoms with van der Waals surface area (Å²) in [5.74, 6) is -0.0918. The van der Waals surface area contributed by atoms with E-state index in [4.69, 9.17) is 14.1 Å². The number of nitrogens with one attached hydrogen (secondary N) is 1. The molecule has 228 valence electrons. The first kappa shape index (κ1) is 28.8. The second-order valence-electron chi connectivity index (χ2n) is 10.3. The quantitative estimate of drug-likeness (QED) is 0.259. The summed E-state index contributed by atoms with van der Waals surface area (Å²) in [5, 5.41) is 12.5. The van der Waals surface area contributed by atoms with Crippen LogP contribution < -0.4 is 10.2 Å². The van der Waals surface area contributed by atoms with E-state index >= 15 is 0 Å². The summed E-state index contributed by atoms with van der Waals surface area (Å²) in [6.45, 7) is 2.15. The van der Waals surface area contributed by atoms with E-state index in [1.807, 2.05) is 54.6 Å². The molecule has 45 heavy (non-hydrogen) atoms. The number of nitrogens with zero attached hydrogens (tertiary/aromatic N) is 6. The molecule has 0 radical (unpaired) electrons. The Morgan fingerprint density at radius 3 is 2.47 bits per heavy atom. The SMILES string of the molecule is O=C1Cc2ccccc2C(c2ccccc2)=N[C@@H]1Nc1nnc(-c2nc(-c3ccc(C(F)(F)F)nc3)sc2N2CCOCC2)o1. The number of aliphatic imine (C=N–C) groups is 1. The minimum Gasteiger partial charge on any atom is -0.402 e. The van der Waals surface area contributed by atoms with Gasteiger partial charge in [-0.15, -0.1) is 5.10 Å². The van der Waals surface area contributed by atoms with Crippen LogP contribution in [0.5, 0.6) is 0 Å². The van der Waals surface area contributed by atoms with Crippen LogP contribution in [0.1, 0.15) is 22.4 Å². The van der Waals surface area contributed by atoms with Crippen molar-refractivity contribution in [3.63, 3.8) is 0 Å². The summed E-state index contributed by atoms with van der Waals surface area (Å²) < 4.78 is 50.8. The number of hydrogen-bond acceptors (Lipinski definition) is 11. The fourth-order valence-corrected chi connectivity index (χ4v) is 6.24. The third-order valence-corrected chi connectivity index (χ3v) is 8.51. The van der Waals surface area contributed by atoms with Crippen LogP contribution in [0.15, 0.2) is 82.3 Å². The molecule has 0 amide bonds. The Morgan fingerprint density at radius 1 is 0.933 bits per heavy atom. The molecule has 3 aromatic heterocycles. The van der Waals surface area contributed by atoms with Crippen LogP contribution in [-0.4, -0.2) is 64.1 Å². The summed E-state index contributed by atoms with van der Waals surface area (Å²) in [6, 6.07) is 19.5. The third-order valence-electron chi connectivity index (χ3n) is 7.34. The van der Waals surface area contributed by atoms with E-state index in [-0.39, 0.29) is 24.1 Å². The first-order chi connectivity index (χ1) is 21.8. The molecule has 0 aliphatic carbocycles. The van der Waals surface area contributed by atoms with Gasteiger partial charge >= 0.3 is 12.2 Å². The van der Waals surface area contributed by atoms with E-state index in [1.54, 1.807) is 0 Å². The van der Waals surface area contributed by atoms with Crippen LogP contribution in [0.2, 0.25) is 0 Å². The molecule has 2 aliphatic rings. The number of rotatable bonds is 6. The number of ether oxygens (including phenoxy) is 1. The van der Waals surface area contributed by atoms with Crippen LogP contribution in [0, 0.1) is 0 Å². The van der Waals surface area contributed by atoms with E-state index in [0.717, 1.165) is 29.0 Å². The molecule has 14 heteroatoms. The van der Waals surface area contributed by atoms with Gasteiger partial charge < -0.3 is 19.4 Å². The molecule has 0 unspecified atom stereocenters. The molecule has 1 N–H and O–H groups in total. The van der Waals surface area contributed by atoms with Crippen molar-refractivity contribution in [3.8, 4) is 22.2 Å². The Labute approximate surface area is 258 Å². The maximum Gasteiger partial charge on any atom is 0.433 e. The number of Topliss-reactive ketones (excluding diaryl/α,β-unsaturated/α-hetero) is 1. The molecule has 1 atom stereocenters. The topological polar surface area (TPSA) is 119 Å². The van der Waals surface area contributed by atoms with Gasteiger partial charge in [0.2, 0.25) is 0 Å². The number of fused-ring (bicyclic) bond motifs is 1. The summed E-state index contributed by atoms with van der Waals surface area (Å²) in [6.07, 6.45) is -4.24. The zero-order valence-corrected chi connectivity index (χ0v) is 24.3. The normalized spacial score (nSPS) is 17.0. The maximum absolute atomic E-state index is 13.4. The molecule has 7 rings (SSSR count). The molecule has 5 heterocycles. The first-order valence-electron chi connectivity index (χ1n) is 14.1. The highest BCUT2D eigenvalue weighted by Gasteiger charge is 2.33. The van der Waals surface area contributed by atoms with Gasteiger partial charge in [0.25, 0.3) is 5.89 Å². The zero-order valence-electron chi connectivity index (χ0n) is 23.5. The minimum atomic E-state index is -4.55. The highest BCUT2D eigenvalue weighted by atomic mass is 32.1. The molecule has 10 nitrogen and oxygen atoms in total. The highest BCUT2D eigenvalue weighted by molar-refractivity contribution is 7.19. The summed E-state index contributed by atoms with van der Waals surface area (Å²) in [5.41, 5.74) is 3.06. The molecule has 0 bridgehead atoms. The number of hydrogen-bond donors (Lipinski definition) is 1. The number of carbonyl (C=O) groups is 1. The molecule has 2 aliphatic heterocycles. The van der Waals surface area contributed by atoms with Crippen molar-refractivity contribution in [2.45, 2.75) is 18.8 Å². The number of ketones is 1. The lowest BCUT2D eigenvalue weighted by molar-refractivity contribution is -0.141. The lowest BCUT2D eigenvalue weighted by atomic mass is 9.96. The second kappa shape index (κ2) is 11.9. The fourth-order valence-electron chi connectivity index (χ4n) is 5.14. The van der Waals surface area contributed by atoms with Gasteiger partial charge in [0.05, 0.1) is 18.9 Å². The molecule has 1 fully saturated rings. The molecule has 5 aromatic rings. The molecule has 0 spiro atoms. The van der Waals surface area contributed by atoms with Gasteiger partial charge in [0, 0.05) is 42.4 Å². The van der Waals surface area contributed by atoms with E-state index in [9.17, 15) is 18.0 Å². The van der Waals surface area contributed by atoms with Crippen LogP contribution in [-0.2, 0) is 22.1 Å². The third kappa shape index (κ3) is 5.93. The Hall–Kier alpha value is -4.95. The molecule has 0 saturated carbocycles. The average molecular weight is 632 g/mol. The number of thiazole rings is 1. The predicted molar refractivity (Wildman–Crippen MR) is 161 cm³/mol. The number of aromatic nitrogens is 4. The summed E-state index contributed by atoms with van der Waals surface area (Å²) in [7, 11) is 0. The van der Waals surface area contributed by atoms with Gasteiger partial charge in [-0.05, 0) is 17.7 Å². The van der Waals surface area contributed by atoms with Gasteiger partial charge in [-0.2, -0.15) is 13.2 Å². The number of anilines is 2. The Morgan fingerprint density at radius 2 is 1.71 bits per heavy atom. The van der Waals surface area contributed by atoms with Gasteiger partial charge in [0.15, 0.2) is 17.6 Å². The van der Waals surface area contributed by atoms with Crippen molar-refractivity contribution in [1.29, 1.82) is 0 Å². The predicted octanol–water partition coefficient (Wildman–Crippen LogP) is 5.51. The monoisotopic (exact) mass is 631 g/mol. The van der Waals surface area contributed by atoms with Crippen LogP contribution in [0.3, 0.4) is 0 Å². The lowest BCUT2D eigenvalue weighted by Gasteiger charge is -2.27. The average Bonchev–Trinajstić information content (AvgIpc) is 3.68. The van der Waals surface area contributed by atoms with Crippen LogP contribution in [0.4, 0.5) is 24.2 Å². The van der Waals surface area contributed by atoms with Crippen molar-refractivity contribution < 1.29 is 27.1 Å². The van der Waals surface area contributed by atoms with Gasteiger partial charge in [0.1, 0.15) is 15.7 Å². The lowest BCUT2D eigenvalue weighted by Crippen LogP contribution is -2.35. The first-order valence-corrected chi connectivity index (χ1v) is 14.9. The standard InChI is InChI=1S/C31H24F3N7O3S/c32-31(33,34)23-11-10-20(17-35-23)28-37-25(29(45-28)41-12-14-43-15-13-41)27-39-40-30(44-27)38-26-22(42)16-19-8-4-5-9-21(19)24(36-26)18-6-2-1-3-7-18/h1-11,17,26H,12-16H2,(H,38,40)/t26-/m1/s1. The van der Waals surface area contributed by atoms with Crippen molar-refractivity contribution in [2.24, 2.45) is 4.99 Å². The van der Waals surface area contributed by atoms with Crippen molar-refractivity contribution >= 4 is 33.8 Å². The van der Waals surface area contributed by atoms with E-state index < -0.39 is 18.0 Å². The minimum absolute atomic E-state index is 0.0239. The molecule has 1 saturated heterocycles. The van der Waals surface area contributed by atoms with E-state index in [0.29, 0.717) is 53.3 Å². The number of benzene rings is 2. The Bertz CT molecular complexity index is 1870. The number of alkyl halides is 3.